The molecule has 2 N–H and O–H groups in total. The molecule has 12 heteroatoms. The second-order valence-corrected chi connectivity index (χ2v) is 12.8. The first-order chi connectivity index (χ1) is 20.8. The number of nitrogens with one attached hydrogen (secondary N) is 2. The van der Waals surface area contributed by atoms with E-state index in [4.69, 9.17) is 4.74 Å². The lowest BCUT2D eigenvalue weighted by Gasteiger charge is -2.38. The number of anilines is 2. The van der Waals surface area contributed by atoms with Crippen LogP contribution in [0.1, 0.15) is 38.2 Å². The highest BCUT2D eigenvalue weighted by atomic mass is 35.5. The number of rotatable bonds is 11. The largest absolute Gasteiger partial charge is 0.457 e. The van der Waals surface area contributed by atoms with E-state index in [1.54, 1.807) is 30.5 Å². The van der Waals surface area contributed by atoms with Gasteiger partial charge >= 0.3 is 6.03 Å². The van der Waals surface area contributed by atoms with Gasteiger partial charge in [0.25, 0.3) is 0 Å². The van der Waals surface area contributed by atoms with Crippen LogP contribution in [0, 0.1) is 0 Å². The molecule has 0 unspecified atom stereocenters. The lowest BCUT2D eigenvalue weighted by molar-refractivity contribution is 0.122. The minimum absolute atomic E-state index is 0. The number of carbonyl (C=O) groups excluding carboxylic acids is 1. The van der Waals surface area contributed by atoms with Gasteiger partial charge in [-0.15, -0.1) is 24.8 Å². The first-order valence-electron chi connectivity index (χ1n) is 14.7. The number of piperidine rings is 1. The molecule has 4 aromatic rings. The Morgan fingerprint density at radius 2 is 1.60 bits per heavy atom. The number of hydrogen-bond acceptors (Lipinski definition) is 6. The van der Waals surface area contributed by atoms with Crippen molar-refractivity contribution in [2.24, 2.45) is 0 Å². The molecule has 1 aliphatic heterocycles. The quantitative estimate of drug-likeness (QED) is 0.170. The van der Waals surface area contributed by atoms with Gasteiger partial charge in [0.1, 0.15) is 11.5 Å². The van der Waals surface area contributed by atoms with Crippen LogP contribution in [-0.4, -0.2) is 61.2 Å². The van der Waals surface area contributed by atoms with Crippen molar-refractivity contribution in [3.8, 4) is 11.5 Å². The number of amides is 2. The summed E-state index contributed by atoms with van der Waals surface area (Å²) in [5, 5.41) is 4.10. The summed E-state index contributed by atoms with van der Waals surface area (Å²) < 4.78 is 31.2. The van der Waals surface area contributed by atoms with E-state index >= 15 is 0 Å². The van der Waals surface area contributed by atoms with Crippen molar-refractivity contribution in [2.45, 2.75) is 45.2 Å². The molecule has 5 rings (SSSR count). The van der Waals surface area contributed by atoms with Crippen LogP contribution in [0.15, 0.2) is 85.1 Å². The summed E-state index contributed by atoms with van der Waals surface area (Å²) in [7, 11) is -3.32. The van der Waals surface area contributed by atoms with Crippen LogP contribution in [0.4, 0.5) is 16.2 Å². The summed E-state index contributed by atoms with van der Waals surface area (Å²) in [6, 6.07) is 24.9. The number of hydrogen-bond donors (Lipinski definition) is 2. The van der Waals surface area contributed by atoms with Gasteiger partial charge in [0.05, 0.1) is 23.7 Å². The van der Waals surface area contributed by atoms with E-state index in [0.717, 1.165) is 74.7 Å². The molecule has 2 amide bonds. The standard InChI is InChI=1S/C33H39N5O4S.2ClH/c1-3-4-19-38(33(39)35-28-22-26-7-5-6-8-32(26)34-23-28)29-17-20-37(21-18-29)24-25-9-13-30(14-10-25)42-31-15-11-27(12-16-31)36-43(2,40)41;;/h5-16,22-23,29,36H,3-4,17-21,24H2,1-2H3,(H,35,39);2*1H. The number of sulfonamides is 1. The second kappa shape index (κ2) is 16.7. The molecule has 1 aromatic heterocycles. The molecule has 3 aromatic carbocycles. The van der Waals surface area contributed by atoms with Crippen LogP contribution in [0.25, 0.3) is 10.9 Å². The Hall–Kier alpha value is -3.57. The Kier molecular flexibility index (Phi) is 13.3. The molecule has 0 radical (unpaired) electrons. The van der Waals surface area contributed by atoms with Gasteiger partial charge in [0.2, 0.25) is 10.0 Å². The number of unbranched alkanes of at least 4 members (excludes halogenated alkanes) is 1. The minimum atomic E-state index is -3.32. The highest BCUT2D eigenvalue weighted by molar-refractivity contribution is 7.92. The van der Waals surface area contributed by atoms with Crippen molar-refractivity contribution in [1.29, 1.82) is 0 Å². The molecule has 242 valence electrons. The lowest BCUT2D eigenvalue weighted by atomic mass is 10.0. The summed E-state index contributed by atoms with van der Waals surface area (Å²) in [6.07, 6.45) is 6.71. The molecule has 1 fully saturated rings. The molecule has 2 heterocycles. The maximum absolute atomic E-state index is 13.4. The Balaban J connectivity index is 0.00000276. The number of nitrogens with zero attached hydrogens (tertiary/aromatic N) is 3. The van der Waals surface area contributed by atoms with E-state index in [-0.39, 0.29) is 36.9 Å². The van der Waals surface area contributed by atoms with Crippen LogP contribution in [0.5, 0.6) is 11.5 Å². The molecule has 1 saturated heterocycles. The van der Waals surface area contributed by atoms with Crippen LogP contribution >= 0.6 is 24.8 Å². The lowest BCUT2D eigenvalue weighted by Crippen LogP contribution is -2.49. The van der Waals surface area contributed by atoms with Gasteiger partial charge in [-0.25, -0.2) is 13.2 Å². The molecular weight excluding hydrogens is 633 g/mol. The van der Waals surface area contributed by atoms with Crippen molar-refractivity contribution in [3.05, 3.63) is 90.6 Å². The Bertz CT molecular complexity index is 1630. The fraction of sp³-hybridized carbons (Fsp3) is 0.333. The highest BCUT2D eigenvalue weighted by Crippen LogP contribution is 2.25. The first kappa shape index (κ1) is 35.9. The summed E-state index contributed by atoms with van der Waals surface area (Å²) >= 11 is 0. The van der Waals surface area contributed by atoms with E-state index in [1.807, 2.05) is 47.4 Å². The minimum Gasteiger partial charge on any atom is -0.457 e. The topological polar surface area (TPSA) is 104 Å². The van der Waals surface area contributed by atoms with Crippen LogP contribution in [0.2, 0.25) is 0 Å². The number of fused-ring (bicyclic) bond motifs is 1. The number of ether oxygens (including phenoxy) is 1. The fourth-order valence-corrected chi connectivity index (χ4v) is 5.93. The number of likely N-dealkylation sites (tertiary alicyclic amines) is 1. The maximum atomic E-state index is 13.4. The second-order valence-electron chi connectivity index (χ2n) is 11.0. The molecule has 0 aliphatic carbocycles. The Morgan fingerprint density at radius 3 is 2.24 bits per heavy atom. The van der Waals surface area contributed by atoms with Gasteiger partial charge in [-0.3, -0.25) is 14.6 Å². The molecule has 0 saturated carbocycles. The van der Waals surface area contributed by atoms with Crippen LogP contribution < -0.4 is 14.8 Å². The molecule has 1 aliphatic rings. The van der Waals surface area contributed by atoms with E-state index < -0.39 is 10.0 Å². The molecule has 0 bridgehead atoms. The summed E-state index contributed by atoms with van der Waals surface area (Å²) in [4.78, 5) is 22.3. The van der Waals surface area contributed by atoms with Gasteiger partial charge < -0.3 is 15.0 Å². The Labute approximate surface area is 278 Å². The number of halogens is 2. The third-order valence-electron chi connectivity index (χ3n) is 7.58. The zero-order valence-corrected chi connectivity index (χ0v) is 28.0. The van der Waals surface area contributed by atoms with E-state index in [2.05, 4.69) is 39.0 Å². The predicted molar refractivity (Wildman–Crippen MR) is 187 cm³/mol. The monoisotopic (exact) mass is 673 g/mol. The average Bonchev–Trinajstić information content (AvgIpc) is 2.99. The fourth-order valence-electron chi connectivity index (χ4n) is 5.36. The molecule has 0 spiro atoms. The summed E-state index contributed by atoms with van der Waals surface area (Å²) in [5.41, 5.74) is 3.32. The van der Waals surface area contributed by atoms with Gasteiger partial charge in [-0.05, 0) is 73.4 Å². The van der Waals surface area contributed by atoms with E-state index in [9.17, 15) is 13.2 Å². The molecule has 0 atom stereocenters. The molecular formula is C33H41Cl2N5O4S. The van der Waals surface area contributed by atoms with Crippen molar-refractivity contribution < 1.29 is 17.9 Å². The number of urea groups is 1. The zero-order valence-electron chi connectivity index (χ0n) is 25.5. The average molecular weight is 675 g/mol. The third-order valence-corrected chi connectivity index (χ3v) is 8.18. The molecule has 9 nitrogen and oxygen atoms in total. The van der Waals surface area contributed by atoms with Crippen molar-refractivity contribution in [2.75, 3.05) is 35.9 Å². The van der Waals surface area contributed by atoms with E-state index in [0.29, 0.717) is 17.2 Å². The number of carbonyl (C=O) groups is 1. The number of aromatic nitrogens is 1. The summed E-state index contributed by atoms with van der Waals surface area (Å²) in [6.45, 7) is 5.57. The third kappa shape index (κ3) is 10.5. The van der Waals surface area contributed by atoms with Crippen molar-refractivity contribution >= 4 is 63.1 Å². The van der Waals surface area contributed by atoms with Crippen LogP contribution in [0.3, 0.4) is 0 Å². The smallest absolute Gasteiger partial charge is 0.322 e. The predicted octanol–water partition coefficient (Wildman–Crippen LogP) is 7.54. The van der Waals surface area contributed by atoms with Crippen LogP contribution in [-0.2, 0) is 16.6 Å². The zero-order chi connectivity index (χ0) is 30.2. The molecule has 45 heavy (non-hydrogen) atoms. The van der Waals surface area contributed by atoms with Gasteiger partial charge in [0.15, 0.2) is 0 Å². The van der Waals surface area contributed by atoms with Gasteiger partial charge in [-0.1, -0.05) is 43.7 Å². The van der Waals surface area contributed by atoms with Crippen molar-refractivity contribution in [3.63, 3.8) is 0 Å². The maximum Gasteiger partial charge on any atom is 0.322 e. The highest BCUT2D eigenvalue weighted by Gasteiger charge is 2.28. The Morgan fingerprint density at radius 1 is 0.956 bits per heavy atom. The van der Waals surface area contributed by atoms with Gasteiger partial charge in [0, 0.05) is 43.3 Å². The van der Waals surface area contributed by atoms with Crippen molar-refractivity contribution in [1.82, 2.24) is 14.8 Å². The van der Waals surface area contributed by atoms with Gasteiger partial charge in [-0.2, -0.15) is 0 Å². The van der Waals surface area contributed by atoms with E-state index in [1.165, 1.54) is 5.56 Å². The number of benzene rings is 3. The number of para-hydroxylation sites is 1. The first-order valence-corrected chi connectivity index (χ1v) is 16.6. The normalized spacial score (nSPS) is 13.7. The number of pyridine rings is 1. The summed E-state index contributed by atoms with van der Waals surface area (Å²) in [5.74, 6) is 1.34. The SMILES string of the molecule is CCCCN(C(=O)Nc1cnc2ccccc2c1)C1CCN(Cc2ccc(Oc3ccc(NS(C)(=O)=O)cc3)cc2)CC1.Cl.Cl.